The van der Waals surface area contributed by atoms with Crippen molar-refractivity contribution in [1.82, 2.24) is 5.32 Å². The van der Waals surface area contributed by atoms with Crippen molar-refractivity contribution < 1.29 is 19.4 Å². The lowest BCUT2D eigenvalue weighted by molar-refractivity contribution is -0.139. The van der Waals surface area contributed by atoms with Crippen LogP contribution >= 0.6 is 27.5 Å². The summed E-state index contributed by atoms with van der Waals surface area (Å²) < 4.78 is 5.76. The molecule has 0 aromatic heterocycles. The maximum absolute atomic E-state index is 11.8. The van der Waals surface area contributed by atoms with E-state index >= 15 is 0 Å². The van der Waals surface area contributed by atoms with Gasteiger partial charge in [0, 0.05) is 10.9 Å². The number of halogens is 2. The van der Waals surface area contributed by atoms with Crippen LogP contribution in [0.4, 0.5) is 4.79 Å². The zero-order valence-electron chi connectivity index (χ0n) is 12.5. The molecule has 0 aliphatic carbocycles. The highest BCUT2D eigenvalue weighted by Crippen LogP contribution is 2.23. The number of nitrogens with one attached hydrogen (secondary N) is 1. The summed E-state index contributed by atoms with van der Waals surface area (Å²) in [5, 5.41) is 12.1. The Bertz CT molecular complexity index is 724. The summed E-state index contributed by atoms with van der Waals surface area (Å²) in [6.07, 6.45) is -0.683. The second kappa shape index (κ2) is 8.70. The molecule has 0 bridgehead atoms. The molecular formula is C17H15BrClNO4. The van der Waals surface area contributed by atoms with Crippen LogP contribution in [0.5, 0.6) is 0 Å². The second-order valence-corrected chi connectivity index (χ2v) is 6.31. The fraction of sp³-hybridized carbons (Fsp3) is 0.176. The quantitative estimate of drug-likeness (QED) is 0.751. The molecule has 0 radical (unpaired) electrons. The van der Waals surface area contributed by atoms with Crippen molar-refractivity contribution in [2.75, 3.05) is 0 Å². The molecule has 0 spiro atoms. The first kappa shape index (κ1) is 18.3. The molecule has 0 saturated heterocycles. The molecule has 1 unspecified atom stereocenters. The van der Waals surface area contributed by atoms with E-state index in [-0.39, 0.29) is 13.0 Å². The number of carbonyl (C=O) groups excluding carboxylic acids is 1. The van der Waals surface area contributed by atoms with Crippen molar-refractivity contribution in [2.45, 2.75) is 19.1 Å². The van der Waals surface area contributed by atoms with Gasteiger partial charge in [0.15, 0.2) is 0 Å². The molecule has 0 saturated carbocycles. The van der Waals surface area contributed by atoms with Crippen LogP contribution in [0.2, 0.25) is 5.02 Å². The van der Waals surface area contributed by atoms with Gasteiger partial charge in [-0.05, 0) is 39.2 Å². The van der Waals surface area contributed by atoms with E-state index in [0.717, 1.165) is 10.0 Å². The summed E-state index contributed by atoms with van der Waals surface area (Å²) in [6.45, 7) is 0.0725. The molecule has 0 heterocycles. The number of benzene rings is 2. The van der Waals surface area contributed by atoms with Gasteiger partial charge in [-0.25, -0.2) is 9.59 Å². The molecule has 24 heavy (non-hydrogen) atoms. The average molecular weight is 413 g/mol. The fourth-order valence-corrected chi connectivity index (χ4v) is 2.46. The van der Waals surface area contributed by atoms with Crippen LogP contribution in [-0.2, 0) is 22.6 Å². The summed E-state index contributed by atoms with van der Waals surface area (Å²) in [6, 6.07) is 13.1. The van der Waals surface area contributed by atoms with Crippen molar-refractivity contribution in [2.24, 2.45) is 0 Å². The van der Waals surface area contributed by atoms with Crippen molar-refractivity contribution in [3.8, 4) is 0 Å². The van der Waals surface area contributed by atoms with Gasteiger partial charge in [0.25, 0.3) is 0 Å². The number of carboxylic acid groups (broad SMARTS) is 1. The number of ether oxygens (including phenoxy) is 1. The zero-order valence-corrected chi connectivity index (χ0v) is 14.9. The molecule has 2 rings (SSSR count). The van der Waals surface area contributed by atoms with Gasteiger partial charge in [0.1, 0.15) is 12.6 Å². The molecule has 2 aromatic carbocycles. The Kier molecular flexibility index (Phi) is 6.63. The van der Waals surface area contributed by atoms with Crippen LogP contribution in [0, 0.1) is 0 Å². The summed E-state index contributed by atoms with van der Waals surface area (Å²) >= 11 is 9.26. The van der Waals surface area contributed by atoms with Crippen LogP contribution in [-0.4, -0.2) is 23.2 Å². The first-order valence-electron chi connectivity index (χ1n) is 7.09. The largest absolute Gasteiger partial charge is 0.480 e. The highest BCUT2D eigenvalue weighted by Gasteiger charge is 2.21. The van der Waals surface area contributed by atoms with Gasteiger partial charge in [-0.3, -0.25) is 0 Å². The lowest BCUT2D eigenvalue weighted by atomic mass is 10.1. The van der Waals surface area contributed by atoms with E-state index in [4.69, 9.17) is 16.3 Å². The Morgan fingerprint density at radius 1 is 1.17 bits per heavy atom. The standard InChI is InChI=1S/C17H15BrClNO4/c18-13-7-6-12(8-14(13)19)9-15(16(21)22)20-17(23)24-10-11-4-2-1-3-5-11/h1-8,15H,9-10H2,(H,20,23)(H,21,22). The van der Waals surface area contributed by atoms with E-state index in [0.29, 0.717) is 10.6 Å². The van der Waals surface area contributed by atoms with Crippen molar-refractivity contribution in [1.29, 1.82) is 0 Å². The third-order valence-electron chi connectivity index (χ3n) is 3.23. The SMILES string of the molecule is O=C(NC(Cc1ccc(Br)c(Cl)c1)C(=O)O)OCc1ccccc1. The van der Waals surface area contributed by atoms with Gasteiger partial charge < -0.3 is 15.2 Å². The third kappa shape index (κ3) is 5.54. The lowest BCUT2D eigenvalue weighted by Crippen LogP contribution is -2.42. The molecule has 0 fully saturated rings. The fourth-order valence-electron chi connectivity index (χ4n) is 2.01. The van der Waals surface area contributed by atoms with Crippen LogP contribution in [0.1, 0.15) is 11.1 Å². The Balaban J connectivity index is 1.93. The number of carbonyl (C=O) groups is 2. The van der Waals surface area contributed by atoms with Crippen LogP contribution < -0.4 is 5.32 Å². The molecule has 5 nitrogen and oxygen atoms in total. The molecule has 1 atom stereocenters. The number of rotatable bonds is 6. The Labute approximate surface area is 152 Å². The Hall–Kier alpha value is -2.05. The summed E-state index contributed by atoms with van der Waals surface area (Å²) in [5.41, 5.74) is 1.51. The molecule has 126 valence electrons. The van der Waals surface area contributed by atoms with E-state index in [1.807, 2.05) is 30.3 Å². The number of hydrogen-bond donors (Lipinski definition) is 2. The smallest absolute Gasteiger partial charge is 0.408 e. The first-order chi connectivity index (χ1) is 11.5. The number of aliphatic carboxylic acids is 1. The van der Waals surface area contributed by atoms with E-state index in [1.54, 1.807) is 18.2 Å². The van der Waals surface area contributed by atoms with Crippen molar-refractivity contribution in [3.05, 3.63) is 69.2 Å². The number of hydrogen-bond acceptors (Lipinski definition) is 3. The minimum atomic E-state index is -1.15. The highest BCUT2D eigenvalue weighted by molar-refractivity contribution is 9.10. The summed E-state index contributed by atoms with van der Waals surface area (Å²) in [7, 11) is 0. The van der Waals surface area contributed by atoms with Crippen molar-refractivity contribution >= 4 is 39.6 Å². The van der Waals surface area contributed by atoms with E-state index in [2.05, 4.69) is 21.2 Å². The van der Waals surface area contributed by atoms with E-state index in [1.165, 1.54) is 0 Å². The monoisotopic (exact) mass is 411 g/mol. The summed E-state index contributed by atoms with van der Waals surface area (Å²) in [5.74, 6) is -1.15. The minimum absolute atomic E-state index is 0.0725. The second-order valence-electron chi connectivity index (χ2n) is 5.05. The number of alkyl carbamates (subject to hydrolysis) is 1. The van der Waals surface area contributed by atoms with Gasteiger partial charge in [-0.15, -0.1) is 0 Å². The maximum atomic E-state index is 11.8. The van der Waals surface area contributed by atoms with E-state index in [9.17, 15) is 14.7 Å². The lowest BCUT2D eigenvalue weighted by Gasteiger charge is -2.15. The third-order valence-corrected chi connectivity index (χ3v) is 4.46. The zero-order chi connectivity index (χ0) is 17.5. The van der Waals surface area contributed by atoms with Crippen LogP contribution in [0.25, 0.3) is 0 Å². The van der Waals surface area contributed by atoms with Gasteiger partial charge in [0.05, 0.1) is 5.02 Å². The molecule has 0 aliphatic rings. The average Bonchev–Trinajstić information content (AvgIpc) is 2.56. The molecule has 1 amide bonds. The molecular weight excluding hydrogens is 398 g/mol. The topological polar surface area (TPSA) is 75.6 Å². The summed E-state index contributed by atoms with van der Waals surface area (Å²) in [4.78, 5) is 23.2. The van der Waals surface area contributed by atoms with Crippen LogP contribution in [0.15, 0.2) is 53.0 Å². The molecule has 0 aliphatic heterocycles. The van der Waals surface area contributed by atoms with Gasteiger partial charge in [-0.1, -0.05) is 48.0 Å². The molecule has 2 N–H and O–H groups in total. The normalized spacial score (nSPS) is 11.6. The Morgan fingerprint density at radius 2 is 1.88 bits per heavy atom. The predicted molar refractivity (Wildman–Crippen MR) is 94.0 cm³/mol. The highest BCUT2D eigenvalue weighted by atomic mass is 79.9. The van der Waals surface area contributed by atoms with Crippen LogP contribution in [0.3, 0.4) is 0 Å². The first-order valence-corrected chi connectivity index (χ1v) is 8.27. The molecule has 2 aromatic rings. The number of amides is 1. The van der Waals surface area contributed by atoms with Gasteiger partial charge >= 0.3 is 12.1 Å². The van der Waals surface area contributed by atoms with E-state index < -0.39 is 18.1 Å². The van der Waals surface area contributed by atoms with Gasteiger partial charge in [0.2, 0.25) is 0 Å². The van der Waals surface area contributed by atoms with Gasteiger partial charge in [-0.2, -0.15) is 0 Å². The predicted octanol–water partition coefficient (Wildman–Crippen LogP) is 4.02. The minimum Gasteiger partial charge on any atom is -0.480 e. The van der Waals surface area contributed by atoms with Crippen molar-refractivity contribution in [3.63, 3.8) is 0 Å². The maximum Gasteiger partial charge on any atom is 0.408 e. The Morgan fingerprint density at radius 3 is 2.50 bits per heavy atom. The molecule has 7 heteroatoms. The number of carboxylic acids is 1.